The normalized spacial score (nSPS) is 16.6. The van der Waals surface area contributed by atoms with Gasteiger partial charge >= 0.3 is 0 Å². The quantitative estimate of drug-likeness (QED) is 0.224. The van der Waals surface area contributed by atoms with Crippen LogP contribution in [0.25, 0.3) is 39.0 Å². The van der Waals surface area contributed by atoms with Gasteiger partial charge in [0, 0.05) is 5.92 Å². The van der Waals surface area contributed by atoms with Crippen LogP contribution in [0.1, 0.15) is 35.1 Å². The summed E-state index contributed by atoms with van der Waals surface area (Å²) in [4.78, 5) is 0. The second-order valence-electron chi connectivity index (χ2n) is 10.8. The molecule has 2 atom stereocenters. The molecular weight excluding hydrogens is 468 g/mol. The zero-order valence-corrected chi connectivity index (χ0v) is 22.9. The van der Waals surface area contributed by atoms with Gasteiger partial charge in [0.05, 0.1) is 0 Å². The van der Waals surface area contributed by atoms with Crippen molar-refractivity contribution in [3.63, 3.8) is 0 Å². The zero-order chi connectivity index (χ0) is 26.8. The van der Waals surface area contributed by atoms with Crippen LogP contribution in [0.3, 0.4) is 0 Å². The molecule has 1 aliphatic rings. The maximum atomic E-state index is 2.45. The molecule has 39 heavy (non-hydrogen) atoms. The third-order valence-corrected chi connectivity index (χ3v) is 8.10. The van der Waals surface area contributed by atoms with E-state index in [-0.39, 0.29) is 0 Å². The number of rotatable bonds is 5. The van der Waals surface area contributed by atoms with Crippen LogP contribution in [0.5, 0.6) is 0 Å². The van der Waals surface area contributed by atoms with Gasteiger partial charge in [0.2, 0.25) is 0 Å². The molecule has 190 valence electrons. The van der Waals surface area contributed by atoms with Gasteiger partial charge in [-0.3, -0.25) is 0 Å². The maximum absolute atomic E-state index is 2.45. The van der Waals surface area contributed by atoms with Gasteiger partial charge in [-0.05, 0) is 87.0 Å². The molecule has 0 aliphatic heterocycles. The minimum absolute atomic E-state index is 0.356. The first-order chi connectivity index (χ1) is 19.1. The highest BCUT2D eigenvalue weighted by molar-refractivity contribution is 5.81. The lowest BCUT2D eigenvalue weighted by Crippen LogP contribution is -2.09. The van der Waals surface area contributed by atoms with Crippen LogP contribution in [0, 0.1) is 19.8 Å². The summed E-state index contributed by atoms with van der Waals surface area (Å²) >= 11 is 0. The van der Waals surface area contributed by atoms with E-state index in [0.717, 1.165) is 0 Å². The third-order valence-electron chi connectivity index (χ3n) is 8.10. The molecule has 0 aromatic heterocycles. The molecule has 5 aromatic carbocycles. The summed E-state index contributed by atoms with van der Waals surface area (Å²) in [6.07, 6.45) is 7.11. The van der Waals surface area contributed by atoms with Gasteiger partial charge in [0.25, 0.3) is 0 Å². The van der Waals surface area contributed by atoms with E-state index in [2.05, 4.69) is 160 Å². The first kappa shape index (κ1) is 24.9. The number of hydrogen-bond donors (Lipinski definition) is 0. The molecule has 0 spiro atoms. The first-order valence-electron chi connectivity index (χ1n) is 13.9. The molecule has 6 rings (SSSR count). The molecule has 0 saturated heterocycles. The van der Waals surface area contributed by atoms with E-state index in [4.69, 9.17) is 0 Å². The van der Waals surface area contributed by atoms with E-state index in [0.29, 0.717) is 11.8 Å². The minimum atomic E-state index is 0.356. The van der Waals surface area contributed by atoms with Gasteiger partial charge in [0.15, 0.2) is 0 Å². The molecule has 0 saturated carbocycles. The Morgan fingerprint density at radius 2 is 1.10 bits per heavy atom. The molecule has 0 radical (unpaired) electrons. The fraction of sp³-hybridized carbons (Fsp3) is 0.128. The Morgan fingerprint density at radius 3 is 1.87 bits per heavy atom. The Labute approximate surface area is 233 Å². The van der Waals surface area contributed by atoms with Crippen molar-refractivity contribution in [1.29, 1.82) is 0 Å². The lowest BCUT2D eigenvalue weighted by Gasteiger charge is -2.24. The van der Waals surface area contributed by atoms with E-state index < -0.39 is 0 Å². The molecule has 0 fully saturated rings. The minimum Gasteiger partial charge on any atom is -0.0802 e. The van der Waals surface area contributed by atoms with Gasteiger partial charge in [-0.2, -0.15) is 0 Å². The van der Waals surface area contributed by atoms with Gasteiger partial charge in [-0.25, -0.2) is 0 Å². The van der Waals surface area contributed by atoms with Crippen LogP contribution in [-0.4, -0.2) is 0 Å². The van der Waals surface area contributed by atoms with E-state index in [1.807, 2.05) is 0 Å². The molecule has 2 unspecified atom stereocenters. The Kier molecular flexibility index (Phi) is 6.86. The van der Waals surface area contributed by atoms with Gasteiger partial charge in [-0.1, -0.05) is 140 Å². The van der Waals surface area contributed by atoms with Crippen molar-refractivity contribution in [1.82, 2.24) is 0 Å². The molecule has 0 bridgehead atoms. The van der Waals surface area contributed by atoms with Crippen molar-refractivity contribution < 1.29 is 0 Å². The Hall–Kier alpha value is -4.42. The number of allylic oxidation sites excluding steroid dienone is 4. The fourth-order valence-corrected chi connectivity index (χ4v) is 5.80. The maximum Gasteiger partial charge on any atom is 0.00874 e. The standard InChI is InChI=1S/C39H34/c1-27-10-7-8-15-37(27)38-23-22-35(24-29(38)3)33-13-9-14-34(25-33)36-17-16-28(2)39(26-36)32-20-18-31(19-21-32)30-11-5-4-6-12-30/h4-26,28,39H,1-3H3. The number of aryl methyl sites for hydroxylation is 2. The van der Waals surface area contributed by atoms with E-state index >= 15 is 0 Å². The largest absolute Gasteiger partial charge is 0.0802 e. The fourth-order valence-electron chi connectivity index (χ4n) is 5.80. The molecular formula is C39H34. The molecule has 0 amide bonds. The Bertz CT molecular complexity index is 1670. The Morgan fingerprint density at radius 1 is 0.487 bits per heavy atom. The van der Waals surface area contributed by atoms with Crippen molar-refractivity contribution in [2.24, 2.45) is 5.92 Å². The summed E-state index contributed by atoms with van der Waals surface area (Å²) in [5, 5.41) is 0. The van der Waals surface area contributed by atoms with Crippen molar-refractivity contribution in [3.05, 3.63) is 162 Å². The van der Waals surface area contributed by atoms with Crippen molar-refractivity contribution in [3.8, 4) is 33.4 Å². The average molecular weight is 503 g/mol. The Balaban J connectivity index is 1.28. The van der Waals surface area contributed by atoms with Crippen LogP contribution >= 0.6 is 0 Å². The molecule has 0 nitrogen and oxygen atoms in total. The smallest absolute Gasteiger partial charge is 0.00874 e. The summed E-state index contributed by atoms with van der Waals surface area (Å²) in [6, 6.07) is 44.2. The van der Waals surface area contributed by atoms with E-state index in [1.165, 1.54) is 61.2 Å². The van der Waals surface area contributed by atoms with E-state index in [9.17, 15) is 0 Å². The van der Waals surface area contributed by atoms with E-state index in [1.54, 1.807) is 0 Å². The lowest BCUT2D eigenvalue weighted by molar-refractivity contribution is 0.637. The first-order valence-corrected chi connectivity index (χ1v) is 13.9. The number of hydrogen-bond acceptors (Lipinski definition) is 0. The molecule has 0 heterocycles. The summed E-state index contributed by atoms with van der Waals surface area (Å²) in [5.74, 6) is 0.810. The van der Waals surface area contributed by atoms with Crippen molar-refractivity contribution >= 4 is 5.57 Å². The van der Waals surface area contributed by atoms with Crippen molar-refractivity contribution in [2.45, 2.75) is 26.7 Å². The number of benzene rings is 5. The highest BCUT2D eigenvalue weighted by Gasteiger charge is 2.20. The molecule has 1 aliphatic carbocycles. The molecule has 0 N–H and O–H groups in total. The van der Waals surface area contributed by atoms with Crippen LogP contribution in [0.15, 0.2) is 140 Å². The van der Waals surface area contributed by atoms with Crippen LogP contribution < -0.4 is 0 Å². The van der Waals surface area contributed by atoms with Crippen LogP contribution in [0.2, 0.25) is 0 Å². The van der Waals surface area contributed by atoms with Crippen LogP contribution in [-0.2, 0) is 0 Å². The predicted octanol–water partition coefficient (Wildman–Crippen LogP) is 10.7. The SMILES string of the molecule is Cc1ccccc1-c1ccc(-c2cccc(C3=CC(c4ccc(-c5ccccc5)cc4)C(C)C=C3)c2)cc1C. The second-order valence-corrected chi connectivity index (χ2v) is 10.8. The highest BCUT2D eigenvalue weighted by Crippen LogP contribution is 2.37. The summed E-state index contributed by atoms with van der Waals surface area (Å²) in [5.41, 5.74) is 14.2. The summed E-state index contributed by atoms with van der Waals surface area (Å²) in [6.45, 7) is 6.72. The predicted molar refractivity (Wildman–Crippen MR) is 168 cm³/mol. The summed E-state index contributed by atoms with van der Waals surface area (Å²) < 4.78 is 0. The third kappa shape index (κ3) is 5.16. The lowest BCUT2D eigenvalue weighted by atomic mass is 9.80. The molecule has 5 aromatic rings. The van der Waals surface area contributed by atoms with Crippen LogP contribution in [0.4, 0.5) is 0 Å². The monoisotopic (exact) mass is 502 g/mol. The topological polar surface area (TPSA) is 0 Å². The second kappa shape index (κ2) is 10.8. The van der Waals surface area contributed by atoms with Crippen molar-refractivity contribution in [2.75, 3.05) is 0 Å². The van der Waals surface area contributed by atoms with Gasteiger partial charge in [-0.15, -0.1) is 0 Å². The van der Waals surface area contributed by atoms with Gasteiger partial charge < -0.3 is 0 Å². The zero-order valence-electron chi connectivity index (χ0n) is 22.9. The average Bonchev–Trinajstić information content (AvgIpc) is 2.98. The van der Waals surface area contributed by atoms with Gasteiger partial charge in [0.1, 0.15) is 0 Å². The highest BCUT2D eigenvalue weighted by atomic mass is 14.2. The molecule has 0 heteroatoms. The summed E-state index contributed by atoms with van der Waals surface area (Å²) in [7, 11) is 0.